The molecule has 2 nitrogen and oxygen atoms in total. The van der Waals surface area contributed by atoms with E-state index in [4.69, 9.17) is 4.74 Å². The Morgan fingerprint density at radius 1 is 1.17 bits per heavy atom. The predicted octanol–water partition coefficient (Wildman–Crippen LogP) is 1.67. The third kappa shape index (κ3) is 1.59. The first kappa shape index (κ1) is 7.62. The van der Waals surface area contributed by atoms with E-state index in [1.807, 2.05) is 0 Å². The van der Waals surface area contributed by atoms with Gasteiger partial charge >= 0.3 is 0 Å². The molecule has 0 unspecified atom stereocenters. The minimum absolute atomic E-state index is 0.814. The quantitative estimate of drug-likeness (QED) is 0.628. The zero-order chi connectivity index (χ0) is 8.23. The average molecular weight is 163 g/mol. The summed E-state index contributed by atoms with van der Waals surface area (Å²) >= 11 is 0. The third-order valence-electron chi connectivity index (χ3n) is 2.09. The summed E-state index contributed by atoms with van der Waals surface area (Å²) in [6.07, 6.45) is 1.02. The van der Waals surface area contributed by atoms with Crippen molar-refractivity contribution in [3.63, 3.8) is 0 Å². The lowest BCUT2D eigenvalue weighted by Crippen LogP contribution is -2.15. The number of rotatable bonds is 0. The molecule has 0 fully saturated rings. The SMILES string of the molecule is c1ccc2c(c1)CCOCCN2. The average Bonchev–Trinajstić information content (AvgIpc) is 2.06. The molecule has 0 atom stereocenters. The smallest absolute Gasteiger partial charge is 0.0639 e. The van der Waals surface area contributed by atoms with Gasteiger partial charge in [0.1, 0.15) is 0 Å². The van der Waals surface area contributed by atoms with Gasteiger partial charge in [0.25, 0.3) is 0 Å². The number of nitrogens with one attached hydrogen (secondary N) is 1. The maximum absolute atomic E-state index is 5.37. The standard InChI is InChI=1S/C10H13NO/c1-2-4-10-9(3-1)5-7-12-8-6-11-10/h1-4,11H,5-8H2. The number of hydrogen-bond donors (Lipinski definition) is 1. The predicted molar refractivity (Wildman–Crippen MR) is 49.5 cm³/mol. The maximum Gasteiger partial charge on any atom is 0.0639 e. The van der Waals surface area contributed by atoms with Crippen LogP contribution in [0, 0.1) is 0 Å². The third-order valence-corrected chi connectivity index (χ3v) is 2.09. The highest BCUT2D eigenvalue weighted by Crippen LogP contribution is 2.16. The highest BCUT2D eigenvalue weighted by Gasteiger charge is 2.03. The summed E-state index contributed by atoms with van der Waals surface area (Å²) in [5.74, 6) is 0. The van der Waals surface area contributed by atoms with E-state index in [2.05, 4.69) is 29.6 Å². The fourth-order valence-electron chi connectivity index (χ4n) is 1.45. The molecule has 0 aromatic heterocycles. The second-order valence-electron chi connectivity index (χ2n) is 2.95. The fourth-order valence-corrected chi connectivity index (χ4v) is 1.45. The van der Waals surface area contributed by atoms with Gasteiger partial charge in [-0.15, -0.1) is 0 Å². The van der Waals surface area contributed by atoms with Gasteiger partial charge in [0.2, 0.25) is 0 Å². The molecular formula is C10H13NO. The molecule has 0 saturated heterocycles. The Bertz CT molecular complexity index is 233. The molecule has 0 saturated carbocycles. The summed E-state index contributed by atoms with van der Waals surface area (Å²) < 4.78 is 5.37. The van der Waals surface area contributed by atoms with E-state index in [0.29, 0.717) is 0 Å². The van der Waals surface area contributed by atoms with Crippen LogP contribution in [0.15, 0.2) is 24.3 Å². The molecular weight excluding hydrogens is 150 g/mol. The summed E-state index contributed by atoms with van der Waals surface area (Å²) in [5.41, 5.74) is 2.62. The topological polar surface area (TPSA) is 21.3 Å². The molecule has 2 heteroatoms. The Balaban J connectivity index is 2.24. The number of fused-ring (bicyclic) bond motifs is 1. The maximum atomic E-state index is 5.37. The van der Waals surface area contributed by atoms with Gasteiger partial charge < -0.3 is 10.1 Å². The monoisotopic (exact) mass is 163 g/mol. The van der Waals surface area contributed by atoms with Gasteiger partial charge in [-0.2, -0.15) is 0 Å². The van der Waals surface area contributed by atoms with E-state index in [1.165, 1.54) is 11.3 Å². The van der Waals surface area contributed by atoms with Crippen LogP contribution >= 0.6 is 0 Å². The van der Waals surface area contributed by atoms with Crippen LogP contribution in [-0.4, -0.2) is 19.8 Å². The van der Waals surface area contributed by atoms with E-state index < -0.39 is 0 Å². The van der Waals surface area contributed by atoms with E-state index in [1.54, 1.807) is 0 Å². The molecule has 1 aromatic rings. The van der Waals surface area contributed by atoms with Crippen LogP contribution in [0.25, 0.3) is 0 Å². The van der Waals surface area contributed by atoms with E-state index in [9.17, 15) is 0 Å². The van der Waals surface area contributed by atoms with Crippen molar-refractivity contribution in [1.29, 1.82) is 0 Å². The molecule has 2 rings (SSSR count). The van der Waals surface area contributed by atoms with Gasteiger partial charge in [-0.05, 0) is 18.1 Å². The van der Waals surface area contributed by atoms with Crippen molar-refractivity contribution in [2.45, 2.75) is 6.42 Å². The Hall–Kier alpha value is -1.02. The van der Waals surface area contributed by atoms with E-state index in [0.717, 1.165) is 26.2 Å². The first-order valence-electron chi connectivity index (χ1n) is 4.36. The Morgan fingerprint density at radius 2 is 2.08 bits per heavy atom. The summed E-state index contributed by atoms with van der Waals surface area (Å²) in [6.45, 7) is 2.57. The van der Waals surface area contributed by atoms with Crippen LogP contribution in [0.4, 0.5) is 5.69 Å². The lowest BCUT2D eigenvalue weighted by atomic mass is 10.1. The van der Waals surface area contributed by atoms with Crippen molar-refractivity contribution in [1.82, 2.24) is 0 Å². The Labute approximate surface area is 72.5 Å². The first-order valence-corrected chi connectivity index (χ1v) is 4.36. The van der Waals surface area contributed by atoms with Crippen LogP contribution in [0.5, 0.6) is 0 Å². The molecule has 0 bridgehead atoms. The van der Waals surface area contributed by atoms with Crippen molar-refractivity contribution in [3.05, 3.63) is 29.8 Å². The highest BCUT2D eigenvalue weighted by molar-refractivity contribution is 5.51. The van der Waals surface area contributed by atoms with Crippen LogP contribution in [0.1, 0.15) is 5.56 Å². The molecule has 0 radical (unpaired) electrons. The molecule has 1 aliphatic heterocycles. The fraction of sp³-hybridized carbons (Fsp3) is 0.400. The van der Waals surface area contributed by atoms with Gasteiger partial charge in [0.05, 0.1) is 13.2 Å². The van der Waals surface area contributed by atoms with E-state index in [-0.39, 0.29) is 0 Å². The van der Waals surface area contributed by atoms with E-state index >= 15 is 0 Å². The van der Waals surface area contributed by atoms with Crippen molar-refractivity contribution >= 4 is 5.69 Å². The number of para-hydroxylation sites is 1. The largest absolute Gasteiger partial charge is 0.383 e. The normalized spacial score (nSPS) is 17.0. The lowest BCUT2D eigenvalue weighted by molar-refractivity contribution is 0.145. The first-order chi connectivity index (χ1) is 5.97. The molecule has 0 amide bonds. The molecule has 1 aromatic carbocycles. The molecule has 12 heavy (non-hydrogen) atoms. The Kier molecular flexibility index (Phi) is 2.28. The van der Waals surface area contributed by atoms with Gasteiger partial charge in [-0.25, -0.2) is 0 Å². The molecule has 0 spiro atoms. The van der Waals surface area contributed by atoms with Gasteiger partial charge in [-0.1, -0.05) is 18.2 Å². The molecule has 1 N–H and O–H groups in total. The van der Waals surface area contributed by atoms with Crippen molar-refractivity contribution in [2.75, 3.05) is 25.1 Å². The van der Waals surface area contributed by atoms with Crippen LogP contribution < -0.4 is 5.32 Å². The Morgan fingerprint density at radius 3 is 3.08 bits per heavy atom. The highest BCUT2D eigenvalue weighted by atomic mass is 16.5. The van der Waals surface area contributed by atoms with Gasteiger partial charge in [-0.3, -0.25) is 0 Å². The van der Waals surface area contributed by atoms with Crippen LogP contribution in [0.3, 0.4) is 0 Å². The summed E-state index contributed by atoms with van der Waals surface area (Å²) in [7, 11) is 0. The second-order valence-corrected chi connectivity index (χ2v) is 2.95. The molecule has 1 heterocycles. The van der Waals surface area contributed by atoms with Gasteiger partial charge in [0.15, 0.2) is 0 Å². The van der Waals surface area contributed by atoms with Gasteiger partial charge in [0, 0.05) is 12.2 Å². The molecule has 64 valence electrons. The minimum Gasteiger partial charge on any atom is -0.383 e. The number of benzene rings is 1. The van der Waals surface area contributed by atoms with Crippen molar-refractivity contribution in [3.8, 4) is 0 Å². The minimum atomic E-state index is 0.814. The second kappa shape index (κ2) is 3.59. The number of anilines is 1. The zero-order valence-corrected chi connectivity index (χ0v) is 7.05. The van der Waals surface area contributed by atoms with Crippen molar-refractivity contribution < 1.29 is 4.74 Å². The van der Waals surface area contributed by atoms with Crippen LogP contribution in [0.2, 0.25) is 0 Å². The van der Waals surface area contributed by atoms with Crippen molar-refractivity contribution in [2.24, 2.45) is 0 Å². The van der Waals surface area contributed by atoms with Crippen LogP contribution in [-0.2, 0) is 11.2 Å². The molecule has 0 aliphatic carbocycles. The number of ether oxygens (including phenoxy) is 1. The summed E-state index contributed by atoms with van der Waals surface area (Å²) in [4.78, 5) is 0. The zero-order valence-electron chi connectivity index (χ0n) is 7.05. The summed E-state index contributed by atoms with van der Waals surface area (Å²) in [5, 5.41) is 3.34. The molecule has 1 aliphatic rings. The summed E-state index contributed by atoms with van der Waals surface area (Å²) in [6, 6.07) is 8.41. The lowest BCUT2D eigenvalue weighted by Gasteiger charge is -2.15. The number of hydrogen-bond acceptors (Lipinski definition) is 2.